The van der Waals surface area contributed by atoms with Gasteiger partial charge in [-0.2, -0.15) is 0 Å². The van der Waals surface area contributed by atoms with E-state index >= 15 is 0 Å². The predicted octanol–water partition coefficient (Wildman–Crippen LogP) is 2.04. The van der Waals surface area contributed by atoms with Crippen LogP contribution in [0.2, 0.25) is 0 Å². The van der Waals surface area contributed by atoms with Crippen molar-refractivity contribution in [3.8, 4) is 5.75 Å². The summed E-state index contributed by atoms with van der Waals surface area (Å²) in [6.45, 7) is 3.65. The Morgan fingerprint density at radius 1 is 1.13 bits per heavy atom. The molecule has 0 aliphatic carbocycles. The number of rotatable bonds is 4. The van der Waals surface area contributed by atoms with Crippen molar-refractivity contribution in [2.75, 3.05) is 11.8 Å². The zero-order valence-electron chi connectivity index (χ0n) is 12.7. The fourth-order valence-corrected chi connectivity index (χ4v) is 3.41. The second-order valence-corrected chi connectivity index (χ2v) is 6.65. The van der Waals surface area contributed by atoms with Gasteiger partial charge in [-0.3, -0.25) is 4.72 Å². The van der Waals surface area contributed by atoms with E-state index in [1.54, 1.807) is 13.0 Å². The SMILES string of the molecule is COc1ccc(S(=O)(=O)Nc2cc(C)cc(C)n2)c2nonc12. The number of aryl methyl sites for hydroxylation is 2. The average Bonchev–Trinajstić information content (AvgIpc) is 2.93. The topological polar surface area (TPSA) is 107 Å². The molecule has 0 unspecified atom stereocenters. The monoisotopic (exact) mass is 334 g/mol. The van der Waals surface area contributed by atoms with Crippen molar-refractivity contribution < 1.29 is 17.8 Å². The molecular formula is C14H14N4O4S. The molecule has 0 radical (unpaired) electrons. The van der Waals surface area contributed by atoms with E-state index in [0.29, 0.717) is 11.4 Å². The predicted molar refractivity (Wildman–Crippen MR) is 82.9 cm³/mol. The number of nitrogens with one attached hydrogen (secondary N) is 1. The highest BCUT2D eigenvalue weighted by Gasteiger charge is 2.23. The Labute approximate surface area is 132 Å². The summed E-state index contributed by atoms with van der Waals surface area (Å²) in [6, 6.07) is 6.38. The maximum Gasteiger partial charge on any atom is 0.265 e. The molecule has 8 nitrogen and oxygen atoms in total. The van der Waals surface area contributed by atoms with Gasteiger partial charge in [-0.25, -0.2) is 18.0 Å². The number of hydrogen-bond donors (Lipinski definition) is 1. The number of benzene rings is 1. The first-order chi connectivity index (χ1) is 10.9. The van der Waals surface area contributed by atoms with E-state index in [9.17, 15) is 8.42 Å². The van der Waals surface area contributed by atoms with E-state index < -0.39 is 10.0 Å². The van der Waals surface area contributed by atoms with Gasteiger partial charge in [0.05, 0.1) is 7.11 Å². The Morgan fingerprint density at radius 2 is 1.87 bits per heavy atom. The van der Waals surface area contributed by atoms with Crippen molar-refractivity contribution in [3.63, 3.8) is 0 Å². The minimum Gasteiger partial charge on any atom is -0.494 e. The number of sulfonamides is 1. The second-order valence-electron chi connectivity index (χ2n) is 5.00. The Balaban J connectivity index is 2.08. The number of ether oxygens (including phenoxy) is 1. The smallest absolute Gasteiger partial charge is 0.265 e. The van der Waals surface area contributed by atoms with Crippen LogP contribution in [0.3, 0.4) is 0 Å². The molecule has 0 aliphatic heterocycles. The van der Waals surface area contributed by atoms with Crippen LogP contribution in [0.1, 0.15) is 11.3 Å². The average molecular weight is 334 g/mol. The molecule has 0 saturated carbocycles. The number of fused-ring (bicyclic) bond motifs is 1. The number of anilines is 1. The molecular weight excluding hydrogens is 320 g/mol. The first-order valence-corrected chi connectivity index (χ1v) is 8.16. The molecule has 1 N–H and O–H groups in total. The van der Waals surface area contributed by atoms with Crippen molar-refractivity contribution >= 4 is 26.9 Å². The van der Waals surface area contributed by atoms with Gasteiger partial charge >= 0.3 is 0 Å². The van der Waals surface area contributed by atoms with E-state index in [1.807, 2.05) is 13.0 Å². The van der Waals surface area contributed by atoms with Gasteiger partial charge in [-0.05, 0) is 54.0 Å². The van der Waals surface area contributed by atoms with Crippen molar-refractivity contribution in [1.29, 1.82) is 0 Å². The first kappa shape index (κ1) is 15.2. The minimum atomic E-state index is -3.90. The first-order valence-electron chi connectivity index (χ1n) is 6.68. The zero-order chi connectivity index (χ0) is 16.6. The number of hydrogen-bond acceptors (Lipinski definition) is 7. The van der Waals surface area contributed by atoms with E-state index in [-0.39, 0.29) is 21.7 Å². The highest BCUT2D eigenvalue weighted by molar-refractivity contribution is 7.93. The molecule has 3 rings (SSSR count). The largest absolute Gasteiger partial charge is 0.494 e. The third-order valence-corrected chi connectivity index (χ3v) is 4.57. The lowest BCUT2D eigenvalue weighted by atomic mass is 10.2. The van der Waals surface area contributed by atoms with Gasteiger partial charge in [0.25, 0.3) is 10.0 Å². The molecule has 0 aliphatic rings. The van der Waals surface area contributed by atoms with Crippen LogP contribution in [0.4, 0.5) is 5.82 Å². The van der Waals surface area contributed by atoms with E-state index in [4.69, 9.17) is 4.74 Å². The maximum atomic E-state index is 12.6. The Kier molecular flexibility index (Phi) is 3.64. The molecule has 0 saturated heterocycles. The quantitative estimate of drug-likeness (QED) is 0.778. The van der Waals surface area contributed by atoms with Crippen LogP contribution in [0.15, 0.2) is 33.8 Å². The molecule has 23 heavy (non-hydrogen) atoms. The van der Waals surface area contributed by atoms with Gasteiger partial charge < -0.3 is 4.74 Å². The number of pyridine rings is 1. The lowest BCUT2D eigenvalue weighted by Crippen LogP contribution is -2.15. The molecule has 1 aromatic carbocycles. The fraction of sp³-hybridized carbons (Fsp3) is 0.214. The third kappa shape index (κ3) is 2.82. The zero-order valence-corrected chi connectivity index (χ0v) is 13.5. The van der Waals surface area contributed by atoms with Crippen LogP contribution >= 0.6 is 0 Å². The van der Waals surface area contributed by atoms with E-state index in [0.717, 1.165) is 5.56 Å². The minimum absolute atomic E-state index is 0.0597. The molecule has 0 fully saturated rings. The summed E-state index contributed by atoms with van der Waals surface area (Å²) < 4.78 is 37.5. The van der Waals surface area contributed by atoms with Crippen molar-refractivity contribution in [2.24, 2.45) is 0 Å². The summed E-state index contributed by atoms with van der Waals surface area (Å²) in [4.78, 5) is 4.11. The molecule has 3 aromatic rings. The van der Waals surface area contributed by atoms with Crippen molar-refractivity contribution in [3.05, 3.63) is 35.5 Å². The summed E-state index contributed by atoms with van der Waals surface area (Å²) in [5.41, 5.74) is 1.95. The molecule has 0 atom stereocenters. The highest BCUT2D eigenvalue weighted by atomic mass is 32.2. The number of aromatic nitrogens is 3. The Morgan fingerprint density at radius 3 is 2.57 bits per heavy atom. The second kappa shape index (κ2) is 5.51. The molecule has 0 bridgehead atoms. The Hall–Kier alpha value is -2.68. The lowest BCUT2D eigenvalue weighted by molar-refractivity contribution is 0.313. The molecule has 0 amide bonds. The van der Waals surface area contributed by atoms with Crippen LogP contribution in [-0.2, 0) is 10.0 Å². The van der Waals surface area contributed by atoms with E-state index in [1.165, 1.54) is 19.2 Å². The summed E-state index contributed by atoms with van der Waals surface area (Å²) in [5, 5.41) is 7.34. The molecule has 2 aromatic heterocycles. The summed E-state index contributed by atoms with van der Waals surface area (Å²) in [5.74, 6) is 0.618. The van der Waals surface area contributed by atoms with Crippen LogP contribution in [0.5, 0.6) is 5.75 Å². The van der Waals surface area contributed by atoms with Gasteiger partial charge in [0.1, 0.15) is 16.5 Å². The number of methoxy groups -OCH3 is 1. The maximum absolute atomic E-state index is 12.6. The van der Waals surface area contributed by atoms with Crippen molar-refractivity contribution in [1.82, 2.24) is 15.3 Å². The van der Waals surface area contributed by atoms with Crippen LogP contribution in [-0.4, -0.2) is 30.8 Å². The molecule has 9 heteroatoms. The van der Waals surface area contributed by atoms with Gasteiger partial charge in [0.15, 0.2) is 11.0 Å². The standard InChI is InChI=1S/C14H14N4O4S/c1-8-6-9(2)15-12(7-8)18-23(19,20)11-5-4-10(21-3)13-14(11)17-22-16-13/h4-7H,1-3H3,(H,15,18). The normalized spacial score (nSPS) is 11.6. The highest BCUT2D eigenvalue weighted by Crippen LogP contribution is 2.29. The van der Waals surface area contributed by atoms with Gasteiger partial charge in [-0.1, -0.05) is 0 Å². The molecule has 120 valence electrons. The third-order valence-electron chi connectivity index (χ3n) is 3.19. The van der Waals surface area contributed by atoms with Gasteiger partial charge in [-0.15, -0.1) is 0 Å². The Bertz CT molecular complexity index is 961. The van der Waals surface area contributed by atoms with Gasteiger partial charge in [0, 0.05) is 5.69 Å². The van der Waals surface area contributed by atoms with E-state index in [2.05, 4.69) is 24.6 Å². The molecule has 2 heterocycles. The number of nitrogens with zero attached hydrogens (tertiary/aromatic N) is 3. The summed E-state index contributed by atoms with van der Waals surface area (Å²) in [7, 11) is -2.45. The molecule has 0 spiro atoms. The van der Waals surface area contributed by atoms with Crippen LogP contribution < -0.4 is 9.46 Å². The van der Waals surface area contributed by atoms with Gasteiger partial charge in [0.2, 0.25) is 0 Å². The lowest BCUT2D eigenvalue weighted by Gasteiger charge is -2.09. The van der Waals surface area contributed by atoms with Crippen LogP contribution in [0.25, 0.3) is 11.0 Å². The van der Waals surface area contributed by atoms with Crippen molar-refractivity contribution in [2.45, 2.75) is 18.7 Å². The fourth-order valence-electron chi connectivity index (χ4n) is 2.29. The van der Waals surface area contributed by atoms with Crippen LogP contribution in [0, 0.1) is 13.8 Å². The summed E-state index contributed by atoms with van der Waals surface area (Å²) in [6.07, 6.45) is 0. The summed E-state index contributed by atoms with van der Waals surface area (Å²) >= 11 is 0.